The van der Waals surface area contributed by atoms with Crippen molar-refractivity contribution in [2.75, 3.05) is 11.9 Å². The molecule has 3 rings (SSSR count). The predicted octanol–water partition coefficient (Wildman–Crippen LogP) is 3.35. The fourth-order valence-corrected chi connectivity index (χ4v) is 2.93. The molecule has 0 unspecified atom stereocenters. The number of hydrogen-bond acceptors (Lipinski definition) is 2. The van der Waals surface area contributed by atoms with E-state index in [1.165, 1.54) is 17.0 Å². The monoisotopic (exact) mass is 326 g/mol. The van der Waals surface area contributed by atoms with Gasteiger partial charge in [0.25, 0.3) is 5.91 Å². The molecule has 24 heavy (non-hydrogen) atoms. The lowest BCUT2D eigenvalue weighted by atomic mass is 9.99. The lowest BCUT2D eigenvalue weighted by molar-refractivity contribution is -0.147. The third-order valence-electron chi connectivity index (χ3n) is 4.36. The number of carbonyl (C=O) groups is 2. The van der Waals surface area contributed by atoms with E-state index in [4.69, 9.17) is 0 Å². The molecule has 1 N–H and O–H groups in total. The van der Waals surface area contributed by atoms with Gasteiger partial charge in [-0.15, -0.1) is 0 Å². The zero-order valence-corrected chi connectivity index (χ0v) is 13.7. The van der Waals surface area contributed by atoms with Gasteiger partial charge in [0, 0.05) is 18.7 Å². The molecule has 0 bridgehead atoms. The SMILES string of the molecule is Cc1cccc(C)c1NC(=O)[C@@H](c1ccc(F)cc1)N1CCC1=O. The van der Waals surface area contributed by atoms with Gasteiger partial charge in [0.2, 0.25) is 5.91 Å². The van der Waals surface area contributed by atoms with Crippen molar-refractivity contribution in [2.45, 2.75) is 26.3 Å². The Morgan fingerprint density at radius 2 is 1.75 bits per heavy atom. The molecule has 2 aromatic rings. The van der Waals surface area contributed by atoms with Crippen molar-refractivity contribution in [2.24, 2.45) is 0 Å². The minimum atomic E-state index is -0.745. The maximum atomic E-state index is 13.2. The van der Waals surface area contributed by atoms with Crippen LogP contribution in [0.25, 0.3) is 0 Å². The second kappa shape index (κ2) is 6.43. The summed E-state index contributed by atoms with van der Waals surface area (Å²) < 4.78 is 13.2. The number of nitrogens with zero attached hydrogens (tertiary/aromatic N) is 1. The van der Waals surface area contributed by atoms with E-state index >= 15 is 0 Å². The van der Waals surface area contributed by atoms with Crippen LogP contribution in [0.15, 0.2) is 42.5 Å². The Hall–Kier alpha value is -2.69. The first kappa shape index (κ1) is 16.2. The van der Waals surface area contributed by atoms with Gasteiger partial charge >= 0.3 is 0 Å². The first-order valence-corrected chi connectivity index (χ1v) is 7.89. The number of likely N-dealkylation sites (tertiary alicyclic amines) is 1. The van der Waals surface area contributed by atoms with Crippen molar-refractivity contribution in [1.82, 2.24) is 4.90 Å². The summed E-state index contributed by atoms with van der Waals surface area (Å²) in [5.41, 5.74) is 3.27. The number of halogens is 1. The van der Waals surface area contributed by atoms with Crippen LogP contribution in [0.3, 0.4) is 0 Å². The summed E-state index contributed by atoms with van der Waals surface area (Å²) in [6, 6.07) is 10.7. The van der Waals surface area contributed by atoms with E-state index < -0.39 is 6.04 Å². The summed E-state index contributed by atoms with van der Waals surface area (Å²) in [4.78, 5) is 26.3. The molecule has 0 spiro atoms. The van der Waals surface area contributed by atoms with E-state index in [9.17, 15) is 14.0 Å². The van der Waals surface area contributed by atoms with E-state index in [1.807, 2.05) is 32.0 Å². The highest BCUT2D eigenvalue weighted by Gasteiger charge is 2.36. The maximum Gasteiger partial charge on any atom is 0.251 e. The highest BCUT2D eigenvalue weighted by Crippen LogP contribution is 2.29. The number of amides is 2. The van der Waals surface area contributed by atoms with Gasteiger partial charge < -0.3 is 10.2 Å². The molecule has 2 amide bonds. The molecule has 1 fully saturated rings. The smallest absolute Gasteiger partial charge is 0.251 e. The van der Waals surface area contributed by atoms with E-state index in [-0.39, 0.29) is 17.6 Å². The Morgan fingerprint density at radius 3 is 2.25 bits per heavy atom. The third kappa shape index (κ3) is 3.02. The van der Waals surface area contributed by atoms with Crippen molar-refractivity contribution in [3.63, 3.8) is 0 Å². The standard InChI is InChI=1S/C19H19FN2O2/c1-12-4-3-5-13(2)17(12)21-19(24)18(22-11-10-16(22)23)14-6-8-15(20)9-7-14/h3-9,18H,10-11H2,1-2H3,(H,21,24)/t18-/m1/s1. The predicted molar refractivity (Wildman–Crippen MR) is 90.0 cm³/mol. The molecule has 1 saturated heterocycles. The Bertz CT molecular complexity index is 766. The minimum Gasteiger partial charge on any atom is -0.326 e. The van der Waals surface area contributed by atoms with Gasteiger partial charge in [0.05, 0.1) is 0 Å². The van der Waals surface area contributed by atoms with Gasteiger partial charge in [-0.2, -0.15) is 0 Å². The molecule has 1 aliphatic heterocycles. The lowest BCUT2D eigenvalue weighted by Gasteiger charge is -2.37. The third-order valence-corrected chi connectivity index (χ3v) is 4.36. The van der Waals surface area contributed by atoms with Crippen LogP contribution in [-0.2, 0) is 9.59 Å². The fraction of sp³-hybridized carbons (Fsp3) is 0.263. The van der Waals surface area contributed by atoms with Gasteiger partial charge in [-0.3, -0.25) is 9.59 Å². The number of anilines is 1. The first-order chi connectivity index (χ1) is 11.5. The molecule has 4 nitrogen and oxygen atoms in total. The molecule has 0 aliphatic carbocycles. The average molecular weight is 326 g/mol. The van der Waals surface area contributed by atoms with Crippen LogP contribution in [-0.4, -0.2) is 23.3 Å². The number of para-hydroxylation sites is 1. The second-order valence-electron chi connectivity index (χ2n) is 6.05. The maximum absolute atomic E-state index is 13.2. The highest BCUT2D eigenvalue weighted by atomic mass is 19.1. The van der Waals surface area contributed by atoms with E-state index in [1.54, 1.807) is 12.1 Å². The van der Waals surface area contributed by atoms with Crippen LogP contribution in [0.5, 0.6) is 0 Å². The average Bonchev–Trinajstić information content (AvgIpc) is 2.55. The number of carbonyl (C=O) groups excluding carboxylic acids is 2. The highest BCUT2D eigenvalue weighted by molar-refractivity contribution is 5.99. The number of β-lactam (4-membered cyclic amide) rings is 1. The van der Waals surface area contributed by atoms with Crippen molar-refractivity contribution in [1.29, 1.82) is 0 Å². The Morgan fingerprint density at radius 1 is 1.12 bits per heavy atom. The van der Waals surface area contributed by atoms with E-state index in [2.05, 4.69) is 5.32 Å². The molecule has 1 atom stereocenters. The minimum absolute atomic E-state index is 0.0685. The normalized spacial score (nSPS) is 15.0. The lowest BCUT2D eigenvalue weighted by Crippen LogP contribution is -2.49. The van der Waals surface area contributed by atoms with Crippen LogP contribution in [0.1, 0.15) is 29.2 Å². The number of nitrogens with one attached hydrogen (secondary N) is 1. The molecular weight excluding hydrogens is 307 g/mol. The summed E-state index contributed by atoms with van der Waals surface area (Å²) in [6.07, 6.45) is 0.439. The van der Waals surface area contributed by atoms with Crippen molar-refractivity contribution < 1.29 is 14.0 Å². The van der Waals surface area contributed by atoms with Crippen LogP contribution >= 0.6 is 0 Å². The van der Waals surface area contributed by atoms with Crippen LogP contribution in [0.2, 0.25) is 0 Å². The van der Waals surface area contributed by atoms with Crippen molar-refractivity contribution in [3.05, 3.63) is 65.0 Å². The van der Waals surface area contributed by atoms with E-state index in [0.29, 0.717) is 18.5 Å². The number of hydrogen-bond donors (Lipinski definition) is 1. The summed E-state index contributed by atoms with van der Waals surface area (Å²) >= 11 is 0. The zero-order valence-electron chi connectivity index (χ0n) is 13.7. The molecule has 0 saturated carbocycles. The second-order valence-corrected chi connectivity index (χ2v) is 6.05. The van der Waals surface area contributed by atoms with Gasteiger partial charge in [-0.05, 0) is 42.7 Å². The number of benzene rings is 2. The van der Waals surface area contributed by atoms with Gasteiger partial charge in [-0.1, -0.05) is 30.3 Å². The Labute approximate surface area is 140 Å². The van der Waals surface area contributed by atoms with Crippen LogP contribution in [0, 0.1) is 19.7 Å². The fourth-order valence-electron chi connectivity index (χ4n) is 2.93. The first-order valence-electron chi connectivity index (χ1n) is 7.89. The molecule has 5 heteroatoms. The van der Waals surface area contributed by atoms with Gasteiger partial charge in [-0.25, -0.2) is 4.39 Å². The van der Waals surface area contributed by atoms with Crippen LogP contribution in [0.4, 0.5) is 10.1 Å². The topological polar surface area (TPSA) is 49.4 Å². The molecule has 1 aliphatic rings. The van der Waals surface area contributed by atoms with Crippen molar-refractivity contribution in [3.8, 4) is 0 Å². The molecule has 2 aromatic carbocycles. The summed E-state index contributed by atoms with van der Waals surface area (Å²) in [5, 5.41) is 2.93. The molecule has 1 heterocycles. The zero-order chi connectivity index (χ0) is 17.3. The molecular formula is C19H19FN2O2. The Kier molecular flexibility index (Phi) is 4.34. The van der Waals surface area contributed by atoms with Gasteiger partial charge in [0.1, 0.15) is 11.9 Å². The molecule has 0 radical (unpaired) electrons. The summed E-state index contributed by atoms with van der Waals surface area (Å²) in [7, 11) is 0. The van der Waals surface area contributed by atoms with E-state index in [0.717, 1.165) is 16.8 Å². The summed E-state index contributed by atoms with van der Waals surface area (Å²) in [5.74, 6) is -0.726. The number of rotatable bonds is 4. The van der Waals surface area contributed by atoms with Crippen molar-refractivity contribution >= 4 is 17.5 Å². The largest absolute Gasteiger partial charge is 0.326 e. The quantitative estimate of drug-likeness (QED) is 0.876. The molecule has 124 valence electrons. The molecule has 0 aromatic heterocycles. The van der Waals surface area contributed by atoms with Gasteiger partial charge in [0.15, 0.2) is 0 Å². The summed E-state index contributed by atoms with van der Waals surface area (Å²) in [6.45, 7) is 4.37. The Balaban J connectivity index is 1.92. The number of aryl methyl sites for hydroxylation is 2. The van der Waals surface area contributed by atoms with Crippen LogP contribution < -0.4 is 5.32 Å².